The van der Waals surface area contributed by atoms with E-state index in [1.165, 1.54) is 0 Å². The van der Waals surface area contributed by atoms with Gasteiger partial charge in [0.15, 0.2) is 5.69 Å². The number of hydrogen-bond acceptors (Lipinski definition) is 8. The number of carbonyl (C=O) groups is 1. The van der Waals surface area contributed by atoms with E-state index in [2.05, 4.69) is 25.6 Å². The Kier molecular flexibility index (Phi) is 3.41. The molecule has 0 bridgehead atoms. The highest BCUT2D eigenvalue weighted by Crippen LogP contribution is 2.23. The zero-order valence-corrected chi connectivity index (χ0v) is 9.73. The second-order valence-corrected chi connectivity index (χ2v) is 3.30. The summed E-state index contributed by atoms with van der Waals surface area (Å²) in [4.78, 5) is 25.5. The number of esters is 1. The molecule has 0 saturated carbocycles. The van der Waals surface area contributed by atoms with Crippen molar-refractivity contribution >= 4 is 11.7 Å². The summed E-state index contributed by atoms with van der Waals surface area (Å²) in [5.41, 5.74) is -0.303. The summed E-state index contributed by atoms with van der Waals surface area (Å²) in [6.07, 6.45) is 0.968. The van der Waals surface area contributed by atoms with Gasteiger partial charge in [0.2, 0.25) is 5.82 Å². The molecule has 0 radical (unpaired) electrons. The third kappa shape index (κ3) is 2.51. The van der Waals surface area contributed by atoms with Gasteiger partial charge in [-0.2, -0.15) is 5.21 Å². The molecule has 1 N–H and O–H groups in total. The molecule has 10 nitrogen and oxygen atoms in total. The third-order valence-electron chi connectivity index (χ3n) is 2.14. The van der Waals surface area contributed by atoms with Crippen LogP contribution in [0.25, 0.3) is 11.4 Å². The van der Waals surface area contributed by atoms with Gasteiger partial charge in [0.05, 0.1) is 17.1 Å². The van der Waals surface area contributed by atoms with Crippen LogP contribution < -0.4 is 0 Å². The fourth-order valence-electron chi connectivity index (χ4n) is 1.36. The number of hydrogen-bond donors (Lipinski definition) is 1. The number of H-pyrrole nitrogens is 1. The number of aromatic nitrogens is 5. The normalized spacial score (nSPS) is 10.2. The van der Waals surface area contributed by atoms with Crippen LogP contribution in [0.4, 0.5) is 5.69 Å². The molecule has 0 unspecified atom stereocenters. The first-order valence-corrected chi connectivity index (χ1v) is 5.19. The van der Waals surface area contributed by atoms with Gasteiger partial charge in [-0.05, 0) is 12.1 Å². The van der Waals surface area contributed by atoms with Gasteiger partial charge in [-0.15, -0.1) is 10.2 Å². The Morgan fingerprint density at radius 1 is 1.58 bits per heavy atom. The molecule has 98 valence electrons. The van der Waals surface area contributed by atoms with Crippen LogP contribution in [0.1, 0.15) is 17.4 Å². The Morgan fingerprint density at radius 3 is 2.95 bits per heavy atom. The predicted molar refractivity (Wildman–Crippen MR) is 60.0 cm³/mol. The van der Waals surface area contributed by atoms with E-state index in [0.717, 1.165) is 12.3 Å². The molecule has 0 aliphatic carbocycles. The van der Waals surface area contributed by atoms with E-state index in [4.69, 9.17) is 4.74 Å². The van der Waals surface area contributed by atoms with Crippen molar-refractivity contribution in [1.29, 1.82) is 0 Å². The molecule has 10 heteroatoms. The minimum atomic E-state index is -0.711. The van der Waals surface area contributed by atoms with Crippen molar-refractivity contribution in [3.63, 3.8) is 0 Å². The van der Waals surface area contributed by atoms with Crippen LogP contribution >= 0.6 is 0 Å². The standard InChI is InChI=1S/C9H8N6O4/c1-2-19-9(16)7-6(8-11-13-14-12-8)3-5(4-10-7)15(17)18/h3-4H,2H2,1H3,(H,11,12,13,14). The lowest BCUT2D eigenvalue weighted by atomic mass is 10.1. The largest absolute Gasteiger partial charge is 0.461 e. The van der Waals surface area contributed by atoms with Crippen molar-refractivity contribution in [2.45, 2.75) is 6.92 Å². The summed E-state index contributed by atoms with van der Waals surface area (Å²) < 4.78 is 4.81. The number of pyridine rings is 1. The minimum absolute atomic E-state index is 0.0271. The summed E-state index contributed by atoms with van der Waals surface area (Å²) in [6, 6.07) is 1.14. The molecule has 0 amide bonds. The molecule has 2 aromatic rings. The third-order valence-corrected chi connectivity index (χ3v) is 2.14. The molecule has 0 spiro atoms. The highest BCUT2D eigenvalue weighted by molar-refractivity contribution is 5.94. The van der Waals surface area contributed by atoms with Crippen LogP contribution in [0, 0.1) is 10.1 Å². The van der Waals surface area contributed by atoms with Crippen LogP contribution in [0.5, 0.6) is 0 Å². The highest BCUT2D eigenvalue weighted by atomic mass is 16.6. The second-order valence-electron chi connectivity index (χ2n) is 3.30. The Morgan fingerprint density at radius 2 is 2.37 bits per heavy atom. The second kappa shape index (κ2) is 5.16. The van der Waals surface area contributed by atoms with Crippen LogP contribution in [0.15, 0.2) is 12.3 Å². The lowest BCUT2D eigenvalue weighted by Crippen LogP contribution is -2.10. The quantitative estimate of drug-likeness (QED) is 0.474. The lowest BCUT2D eigenvalue weighted by molar-refractivity contribution is -0.385. The number of nitrogens with one attached hydrogen (secondary N) is 1. The zero-order chi connectivity index (χ0) is 13.8. The number of ether oxygens (including phenoxy) is 1. The van der Waals surface area contributed by atoms with E-state index >= 15 is 0 Å². The Bertz CT molecular complexity index is 611. The first-order chi connectivity index (χ1) is 9.13. The summed E-state index contributed by atoms with van der Waals surface area (Å²) in [6.45, 7) is 1.79. The number of nitrogens with zero attached hydrogens (tertiary/aromatic N) is 5. The molecule has 2 rings (SSSR count). The minimum Gasteiger partial charge on any atom is -0.461 e. The average Bonchev–Trinajstić information content (AvgIpc) is 2.92. The van der Waals surface area contributed by atoms with Gasteiger partial charge in [0.25, 0.3) is 5.69 Å². The first kappa shape index (κ1) is 12.5. The maximum Gasteiger partial charge on any atom is 0.357 e. The molecule has 0 saturated heterocycles. The summed E-state index contributed by atoms with van der Waals surface area (Å²) in [5, 5.41) is 23.6. The molecule has 2 aromatic heterocycles. The molecule has 0 aliphatic rings. The van der Waals surface area contributed by atoms with Crippen molar-refractivity contribution in [3.05, 3.63) is 28.1 Å². The van der Waals surface area contributed by atoms with Gasteiger partial charge in [-0.3, -0.25) is 10.1 Å². The number of carbonyl (C=O) groups excluding carboxylic acids is 1. The van der Waals surface area contributed by atoms with E-state index in [9.17, 15) is 14.9 Å². The predicted octanol–water partition coefficient (Wildman–Crippen LogP) is 0.347. The summed E-state index contributed by atoms with van der Waals surface area (Å²) in [7, 11) is 0. The summed E-state index contributed by atoms with van der Waals surface area (Å²) >= 11 is 0. The maximum absolute atomic E-state index is 11.7. The van der Waals surface area contributed by atoms with Crippen molar-refractivity contribution in [2.24, 2.45) is 0 Å². The molecular formula is C9H8N6O4. The molecule has 0 fully saturated rings. The highest BCUT2D eigenvalue weighted by Gasteiger charge is 2.22. The SMILES string of the molecule is CCOC(=O)c1ncc([N+](=O)[O-])cc1-c1nn[nH]n1. The van der Waals surface area contributed by atoms with Crippen LogP contribution in [-0.2, 0) is 4.74 Å². The number of tetrazole rings is 1. The molecular weight excluding hydrogens is 256 g/mol. The monoisotopic (exact) mass is 264 g/mol. The van der Waals surface area contributed by atoms with E-state index in [1.54, 1.807) is 6.92 Å². The average molecular weight is 264 g/mol. The van der Waals surface area contributed by atoms with Gasteiger partial charge in [0, 0.05) is 6.07 Å². The smallest absolute Gasteiger partial charge is 0.357 e. The van der Waals surface area contributed by atoms with E-state index in [0.29, 0.717) is 0 Å². The Balaban J connectivity index is 2.54. The maximum atomic E-state index is 11.7. The fraction of sp³-hybridized carbons (Fsp3) is 0.222. The fourth-order valence-corrected chi connectivity index (χ4v) is 1.36. The van der Waals surface area contributed by atoms with Crippen LogP contribution in [0.2, 0.25) is 0 Å². The number of aromatic amines is 1. The van der Waals surface area contributed by atoms with Crippen LogP contribution in [0.3, 0.4) is 0 Å². The van der Waals surface area contributed by atoms with Gasteiger partial charge in [-0.25, -0.2) is 9.78 Å². The van der Waals surface area contributed by atoms with E-state index in [1.807, 2.05) is 0 Å². The Labute approximate surface area is 106 Å². The molecule has 19 heavy (non-hydrogen) atoms. The summed E-state index contributed by atoms with van der Waals surface area (Å²) in [5.74, 6) is -0.684. The first-order valence-electron chi connectivity index (χ1n) is 5.19. The lowest BCUT2D eigenvalue weighted by Gasteiger charge is -2.04. The van der Waals surface area contributed by atoms with Crippen molar-refractivity contribution in [1.82, 2.24) is 25.6 Å². The number of rotatable bonds is 4. The van der Waals surface area contributed by atoms with Crippen LogP contribution in [-0.4, -0.2) is 43.1 Å². The van der Waals surface area contributed by atoms with Crippen molar-refractivity contribution in [3.8, 4) is 11.4 Å². The van der Waals surface area contributed by atoms with Crippen molar-refractivity contribution < 1.29 is 14.5 Å². The van der Waals surface area contributed by atoms with Crippen molar-refractivity contribution in [2.75, 3.05) is 6.61 Å². The Hall–Kier alpha value is -2.91. The zero-order valence-electron chi connectivity index (χ0n) is 9.73. The van der Waals surface area contributed by atoms with E-state index < -0.39 is 10.9 Å². The van der Waals surface area contributed by atoms with Gasteiger partial charge >= 0.3 is 5.97 Å². The topological polar surface area (TPSA) is 137 Å². The van der Waals surface area contributed by atoms with Gasteiger partial charge in [0.1, 0.15) is 6.20 Å². The van der Waals surface area contributed by atoms with Gasteiger partial charge < -0.3 is 4.74 Å². The number of nitro groups is 1. The molecule has 2 heterocycles. The molecule has 0 aliphatic heterocycles. The van der Waals surface area contributed by atoms with E-state index in [-0.39, 0.29) is 29.4 Å². The molecule has 0 atom stereocenters. The molecule has 0 aromatic carbocycles. The van der Waals surface area contributed by atoms with Gasteiger partial charge in [-0.1, -0.05) is 0 Å².